The van der Waals surface area contributed by atoms with Crippen molar-refractivity contribution in [2.75, 3.05) is 19.0 Å². The van der Waals surface area contributed by atoms with Crippen molar-refractivity contribution in [3.05, 3.63) is 0 Å². The summed E-state index contributed by atoms with van der Waals surface area (Å²) in [6.07, 6.45) is 0. The number of aliphatic hydroxyl groups excluding tert-OH is 1. The van der Waals surface area contributed by atoms with E-state index in [1.807, 2.05) is 13.8 Å². The highest BCUT2D eigenvalue weighted by Gasteiger charge is 2.13. The van der Waals surface area contributed by atoms with Gasteiger partial charge in [0, 0.05) is 18.0 Å². The van der Waals surface area contributed by atoms with E-state index in [1.54, 1.807) is 0 Å². The summed E-state index contributed by atoms with van der Waals surface area (Å²) in [6, 6.07) is 0. The maximum atomic E-state index is 8.42. The van der Waals surface area contributed by atoms with Gasteiger partial charge in [-0.3, -0.25) is 0 Å². The van der Waals surface area contributed by atoms with Gasteiger partial charge < -0.3 is 10.4 Å². The van der Waals surface area contributed by atoms with E-state index in [0.29, 0.717) is 12.4 Å². The molecule has 0 aromatic heterocycles. The Kier molecular flexibility index (Phi) is 4.19. The van der Waals surface area contributed by atoms with Crippen LogP contribution in [0.3, 0.4) is 0 Å². The molecule has 0 atom stereocenters. The SMILES string of the molecule is CC(C)(CCl)NCCO. The first kappa shape index (κ1) is 9.21. The van der Waals surface area contributed by atoms with Gasteiger partial charge in [-0.05, 0) is 13.8 Å². The maximum Gasteiger partial charge on any atom is 0.0556 e. The van der Waals surface area contributed by atoms with Crippen LogP contribution in [-0.4, -0.2) is 29.7 Å². The average Bonchev–Trinajstić information content (AvgIpc) is 1.84. The summed E-state index contributed by atoms with van der Waals surface area (Å²) in [5.41, 5.74) is -0.0513. The molecule has 0 saturated heterocycles. The van der Waals surface area contributed by atoms with E-state index in [2.05, 4.69) is 5.32 Å². The molecule has 0 bridgehead atoms. The molecule has 56 valence electrons. The quantitative estimate of drug-likeness (QED) is 0.577. The molecular formula is C6H14ClNO. The molecule has 0 aliphatic heterocycles. The smallest absolute Gasteiger partial charge is 0.0556 e. The lowest BCUT2D eigenvalue weighted by Gasteiger charge is -2.22. The highest BCUT2D eigenvalue weighted by atomic mass is 35.5. The fraction of sp³-hybridized carbons (Fsp3) is 1.00. The predicted molar refractivity (Wildman–Crippen MR) is 39.9 cm³/mol. The Labute approximate surface area is 61.2 Å². The second kappa shape index (κ2) is 4.09. The van der Waals surface area contributed by atoms with Crippen LogP contribution in [0.4, 0.5) is 0 Å². The van der Waals surface area contributed by atoms with Crippen molar-refractivity contribution < 1.29 is 5.11 Å². The summed E-state index contributed by atoms with van der Waals surface area (Å²) in [7, 11) is 0. The van der Waals surface area contributed by atoms with Crippen LogP contribution in [-0.2, 0) is 0 Å². The van der Waals surface area contributed by atoms with Gasteiger partial charge in [-0.1, -0.05) is 0 Å². The number of rotatable bonds is 4. The summed E-state index contributed by atoms with van der Waals surface area (Å²) in [4.78, 5) is 0. The molecule has 0 heterocycles. The molecular weight excluding hydrogens is 138 g/mol. The first-order valence-corrected chi connectivity index (χ1v) is 3.58. The van der Waals surface area contributed by atoms with Crippen molar-refractivity contribution in [3.8, 4) is 0 Å². The Bertz CT molecular complexity index is 75.5. The molecule has 0 aromatic carbocycles. The Balaban J connectivity index is 3.33. The fourth-order valence-corrected chi connectivity index (χ4v) is 0.536. The van der Waals surface area contributed by atoms with Crippen molar-refractivity contribution >= 4 is 11.6 Å². The van der Waals surface area contributed by atoms with Crippen LogP contribution in [0.15, 0.2) is 0 Å². The van der Waals surface area contributed by atoms with E-state index < -0.39 is 0 Å². The molecule has 0 saturated carbocycles. The average molecular weight is 152 g/mol. The molecule has 0 radical (unpaired) electrons. The minimum Gasteiger partial charge on any atom is -0.395 e. The van der Waals surface area contributed by atoms with Gasteiger partial charge in [-0.2, -0.15) is 0 Å². The van der Waals surface area contributed by atoms with Crippen LogP contribution in [0.5, 0.6) is 0 Å². The first-order valence-electron chi connectivity index (χ1n) is 3.04. The molecule has 9 heavy (non-hydrogen) atoms. The normalized spacial score (nSPS) is 12.0. The zero-order valence-electron chi connectivity index (χ0n) is 5.95. The lowest BCUT2D eigenvalue weighted by atomic mass is 10.1. The highest BCUT2D eigenvalue weighted by molar-refractivity contribution is 6.18. The maximum absolute atomic E-state index is 8.42. The van der Waals surface area contributed by atoms with Crippen molar-refractivity contribution in [1.82, 2.24) is 5.32 Å². The van der Waals surface area contributed by atoms with Crippen LogP contribution < -0.4 is 5.32 Å². The number of halogens is 1. The van der Waals surface area contributed by atoms with Gasteiger partial charge in [0.25, 0.3) is 0 Å². The topological polar surface area (TPSA) is 32.3 Å². The third kappa shape index (κ3) is 4.70. The van der Waals surface area contributed by atoms with Crippen molar-refractivity contribution in [1.29, 1.82) is 0 Å². The molecule has 0 amide bonds. The van der Waals surface area contributed by atoms with Gasteiger partial charge in [0.15, 0.2) is 0 Å². The number of β-amino-alcohol motifs (C(OH)–C–C–N with tert-alkyl or cyclic N) is 1. The standard InChI is InChI=1S/C6H14ClNO/c1-6(2,5-7)8-3-4-9/h8-9H,3-5H2,1-2H3. The number of hydrogen-bond acceptors (Lipinski definition) is 2. The Morgan fingerprint density at radius 3 is 2.44 bits per heavy atom. The van der Waals surface area contributed by atoms with Gasteiger partial charge >= 0.3 is 0 Å². The van der Waals surface area contributed by atoms with E-state index in [9.17, 15) is 0 Å². The number of aliphatic hydroxyl groups is 1. The first-order chi connectivity index (χ1) is 4.12. The second-order valence-electron chi connectivity index (χ2n) is 2.67. The van der Waals surface area contributed by atoms with Gasteiger partial charge in [0.2, 0.25) is 0 Å². The molecule has 0 fully saturated rings. The Hall–Kier alpha value is 0.210. The number of hydrogen-bond donors (Lipinski definition) is 2. The minimum atomic E-state index is -0.0513. The lowest BCUT2D eigenvalue weighted by Crippen LogP contribution is -2.42. The summed E-state index contributed by atoms with van der Waals surface area (Å²) >= 11 is 5.58. The summed E-state index contributed by atoms with van der Waals surface area (Å²) in [5, 5.41) is 11.5. The van der Waals surface area contributed by atoms with Crippen LogP contribution >= 0.6 is 11.6 Å². The fourth-order valence-electron chi connectivity index (χ4n) is 0.442. The molecule has 2 nitrogen and oxygen atoms in total. The molecule has 0 aliphatic carbocycles. The van der Waals surface area contributed by atoms with E-state index in [-0.39, 0.29) is 12.1 Å². The Morgan fingerprint density at radius 1 is 1.56 bits per heavy atom. The van der Waals surface area contributed by atoms with Gasteiger partial charge in [0.1, 0.15) is 0 Å². The number of nitrogens with one attached hydrogen (secondary N) is 1. The van der Waals surface area contributed by atoms with E-state index in [0.717, 1.165) is 0 Å². The third-order valence-corrected chi connectivity index (χ3v) is 1.72. The van der Waals surface area contributed by atoms with Crippen LogP contribution in [0, 0.1) is 0 Å². The highest BCUT2D eigenvalue weighted by Crippen LogP contribution is 2.02. The largest absolute Gasteiger partial charge is 0.395 e. The van der Waals surface area contributed by atoms with Crippen molar-refractivity contribution in [2.45, 2.75) is 19.4 Å². The Morgan fingerprint density at radius 2 is 2.11 bits per heavy atom. The van der Waals surface area contributed by atoms with Gasteiger partial charge in [-0.25, -0.2) is 0 Å². The lowest BCUT2D eigenvalue weighted by molar-refractivity contribution is 0.272. The molecule has 2 N–H and O–H groups in total. The van der Waals surface area contributed by atoms with Gasteiger partial charge in [0.05, 0.1) is 6.61 Å². The molecule has 0 unspecified atom stereocenters. The molecule has 0 aliphatic rings. The molecule has 0 rings (SSSR count). The molecule has 0 aromatic rings. The van der Waals surface area contributed by atoms with E-state index >= 15 is 0 Å². The zero-order chi connectivity index (χ0) is 7.33. The summed E-state index contributed by atoms with van der Waals surface area (Å²) < 4.78 is 0. The summed E-state index contributed by atoms with van der Waals surface area (Å²) in [5.74, 6) is 0.562. The van der Waals surface area contributed by atoms with Gasteiger partial charge in [-0.15, -0.1) is 11.6 Å². The van der Waals surface area contributed by atoms with Crippen LogP contribution in [0.25, 0.3) is 0 Å². The second-order valence-corrected chi connectivity index (χ2v) is 2.94. The van der Waals surface area contributed by atoms with Crippen molar-refractivity contribution in [3.63, 3.8) is 0 Å². The molecule has 0 spiro atoms. The predicted octanol–water partition coefficient (Wildman–Crippen LogP) is 0.586. The zero-order valence-corrected chi connectivity index (χ0v) is 6.70. The minimum absolute atomic E-state index is 0.0513. The summed E-state index contributed by atoms with van der Waals surface area (Å²) in [6.45, 7) is 4.77. The van der Waals surface area contributed by atoms with Crippen molar-refractivity contribution in [2.24, 2.45) is 0 Å². The number of alkyl halides is 1. The van der Waals surface area contributed by atoms with E-state index in [1.165, 1.54) is 0 Å². The third-order valence-electron chi connectivity index (χ3n) is 1.05. The monoisotopic (exact) mass is 151 g/mol. The molecule has 3 heteroatoms. The van der Waals surface area contributed by atoms with Crippen LogP contribution in [0.2, 0.25) is 0 Å². The van der Waals surface area contributed by atoms with E-state index in [4.69, 9.17) is 16.7 Å². The van der Waals surface area contributed by atoms with Crippen LogP contribution in [0.1, 0.15) is 13.8 Å².